The van der Waals surface area contributed by atoms with E-state index >= 15 is 0 Å². The summed E-state index contributed by atoms with van der Waals surface area (Å²) >= 11 is 5.88. The monoisotopic (exact) mass is 224 g/mol. The van der Waals surface area contributed by atoms with Crippen molar-refractivity contribution in [3.05, 3.63) is 28.8 Å². The first-order valence-electron chi connectivity index (χ1n) is 5.07. The first-order chi connectivity index (χ1) is 7.20. The Kier molecular flexibility index (Phi) is 2.82. The zero-order valence-corrected chi connectivity index (χ0v) is 9.27. The van der Waals surface area contributed by atoms with Crippen LogP contribution in [-0.2, 0) is 0 Å². The molecule has 1 heterocycles. The molecule has 1 unspecified atom stereocenters. The van der Waals surface area contributed by atoms with E-state index in [1.165, 1.54) is 0 Å². The summed E-state index contributed by atoms with van der Waals surface area (Å²) in [5, 5.41) is 6.80. The minimum atomic E-state index is -0.0288. The topological polar surface area (TPSA) is 41.1 Å². The third-order valence-corrected chi connectivity index (χ3v) is 2.67. The highest BCUT2D eigenvalue weighted by Gasteiger charge is 2.22. The van der Waals surface area contributed by atoms with Gasteiger partial charge in [-0.1, -0.05) is 24.9 Å². The molecule has 2 rings (SSSR count). The van der Waals surface area contributed by atoms with Crippen molar-refractivity contribution in [2.75, 3.05) is 5.32 Å². The summed E-state index contributed by atoms with van der Waals surface area (Å²) in [5.74, 6) is -0.0288. The number of carbonyl (C=O) groups excluding carboxylic acids is 1. The molecule has 1 amide bonds. The molecule has 2 N–H and O–H groups in total. The van der Waals surface area contributed by atoms with E-state index in [9.17, 15) is 4.79 Å². The van der Waals surface area contributed by atoms with Gasteiger partial charge in [-0.3, -0.25) is 4.79 Å². The molecule has 1 atom stereocenters. The molecule has 80 valence electrons. The highest BCUT2D eigenvalue weighted by atomic mass is 35.5. The number of rotatable bonds is 2. The highest BCUT2D eigenvalue weighted by Crippen LogP contribution is 2.24. The van der Waals surface area contributed by atoms with E-state index < -0.39 is 0 Å². The summed E-state index contributed by atoms with van der Waals surface area (Å²) in [6.07, 6.45) is 1.96. The van der Waals surface area contributed by atoms with Gasteiger partial charge in [-0.05, 0) is 24.6 Å². The molecule has 1 aromatic carbocycles. The van der Waals surface area contributed by atoms with Crippen LogP contribution in [0.5, 0.6) is 0 Å². The van der Waals surface area contributed by atoms with Gasteiger partial charge in [0.25, 0.3) is 5.91 Å². The Morgan fingerprint density at radius 2 is 2.20 bits per heavy atom. The largest absolute Gasteiger partial charge is 0.365 e. The van der Waals surface area contributed by atoms with Crippen LogP contribution in [0.3, 0.4) is 0 Å². The van der Waals surface area contributed by atoms with Crippen LogP contribution in [0.15, 0.2) is 18.2 Å². The van der Waals surface area contributed by atoms with Crippen molar-refractivity contribution in [2.24, 2.45) is 0 Å². The third kappa shape index (κ3) is 2.07. The minimum Gasteiger partial charge on any atom is -0.365 e. The molecule has 0 radical (unpaired) electrons. The van der Waals surface area contributed by atoms with Crippen LogP contribution in [-0.4, -0.2) is 12.1 Å². The lowest BCUT2D eigenvalue weighted by atomic mass is 10.1. The molecule has 0 saturated heterocycles. The van der Waals surface area contributed by atoms with E-state index in [1.54, 1.807) is 18.2 Å². The molecule has 1 aliphatic heterocycles. The number of benzene rings is 1. The Morgan fingerprint density at radius 1 is 1.40 bits per heavy atom. The Bertz CT molecular complexity index is 392. The van der Waals surface area contributed by atoms with Crippen LogP contribution < -0.4 is 10.6 Å². The summed E-state index contributed by atoms with van der Waals surface area (Å²) < 4.78 is 0. The summed E-state index contributed by atoms with van der Waals surface area (Å²) in [6, 6.07) is 5.25. The molecule has 15 heavy (non-hydrogen) atoms. The van der Waals surface area contributed by atoms with Gasteiger partial charge in [-0.25, -0.2) is 0 Å². The molecular formula is C11H13ClN2O. The summed E-state index contributed by atoms with van der Waals surface area (Å²) in [6.45, 7) is 2.08. The third-order valence-electron chi connectivity index (χ3n) is 2.44. The lowest BCUT2D eigenvalue weighted by Crippen LogP contribution is -2.44. The van der Waals surface area contributed by atoms with Crippen LogP contribution in [0.25, 0.3) is 0 Å². The Morgan fingerprint density at radius 3 is 2.93 bits per heavy atom. The van der Waals surface area contributed by atoms with Crippen molar-refractivity contribution in [1.82, 2.24) is 5.32 Å². The van der Waals surface area contributed by atoms with Crippen molar-refractivity contribution < 1.29 is 4.79 Å². The summed E-state index contributed by atoms with van der Waals surface area (Å²) in [7, 11) is 0. The molecule has 0 spiro atoms. The van der Waals surface area contributed by atoms with Gasteiger partial charge in [0.2, 0.25) is 0 Å². The van der Waals surface area contributed by atoms with Gasteiger partial charge in [0.15, 0.2) is 0 Å². The number of nitrogens with one attached hydrogen (secondary N) is 2. The first-order valence-corrected chi connectivity index (χ1v) is 5.45. The molecule has 0 aromatic heterocycles. The fourth-order valence-electron chi connectivity index (χ4n) is 1.73. The van der Waals surface area contributed by atoms with Gasteiger partial charge in [-0.2, -0.15) is 0 Å². The molecule has 0 saturated carbocycles. The zero-order valence-electron chi connectivity index (χ0n) is 8.51. The quantitative estimate of drug-likeness (QED) is 0.811. The molecule has 1 aromatic rings. The van der Waals surface area contributed by atoms with Crippen LogP contribution in [0.1, 0.15) is 30.1 Å². The van der Waals surface area contributed by atoms with Crippen molar-refractivity contribution in [1.29, 1.82) is 0 Å². The fourth-order valence-corrected chi connectivity index (χ4v) is 1.90. The maximum absolute atomic E-state index is 11.7. The van der Waals surface area contributed by atoms with Crippen LogP contribution >= 0.6 is 11.6 Å². The lowest BCUT2D eigenvalue weighted by Gasteiger charge is -2.27. The molecule has 4 heteroatoms. The Labute approximate surface area is 93.8 Å². The second-order valence-electron chi connectivity index (χ2n) is 3.65. The predicted octanol–water partition coefficient (Wildman–Crippen LogP) is 2.62. The summed E-state index contributed by atoms with van der Waals surface area (Å²) in [4.78, 5) is 11.7. The predicted molar refractivity (Wildman–Crippen MR) is 61.2 cm³/mol. The SMILES string of the molecule is CCCC1NC(=O)c2ccc(Cl)cc2N1. The average molecular weight is 225 g/mol. The van der Waals surface area contributed by atoms with Gasteiger partial charge < -0.3 is 10.6 Å². The smallest absolute Gasteiger partial charge is 0.254 e. The van der Waals surface area contributed by atoms with Crippen molar-refractivity contribution in [3.8, 4) is 0 Å². The molecule has 0 fully saturated rings. The van der Waals surface area contributed by atoms with Gasteiger partial charge in [-0.15, -0.1) is 0 Å². The van der Waals surface area contributed by atoms with Crippen molar-refractivity contribution >= 4 is 23.2 Å². The van der Waals surface area contributed by atoms with Gasteiger partial charge in [0.1, 0.15) is 0 Å². The van der Waals surface area contributed by atoms with Crippen molar-refractivity contribution in [3.63, 3.8) is 0 Å². The van der Waals surface area contributed by atoms with Crippen LogP contribution in [0.4, 0.5) is 5.69 Å². The van der Waals surface area contributed by atoms with E-state index in [0.717, 1.165) is 18.5 Å². The number of hydrogen-bond donors (Lipinski definition) is 2. The molecular weight excluding hydrogens is 212 g/mol. The first kappa shape index (κ1) is 10.3. The van der Waals surface area contributed by atoms with E-state index in [1.807, 2.05) is 0 Å². The van der Waals surface area contributed by atoms with E-state index in [4.69, 9.17) is 11.6 Å². The van der Waals surface area contributed by atoms with Crippen LogP contribution in [0.2, 0.25) is 5.02 Å². The Balaban J connectivity index is 2.29. The maximum Gasteiger partial charge on any atom is 0.254 e. The van der Waals surface area contributed by atoms with E-state index in [0.29, 0.717) is 10.6 Å². The van der Waals surface area contributed by atoms with E-state index in [2.05, 4.69) is 17.6 Å². The number of amides is 1. The number of carbonyl (C=O) groups is 1. The standard InChI is InChI=1S/C11H13ClN2O/c1-2-3-10-13-9-6-7(12)4-5-8(9)11(15)14-10/h4-6,10,13H,2-3H2,1H3,(H,14,15). The number of halogens is 1. The van der Waals surface area contributed by atoms with Gasteiger partial charge in [0, 0.05) is 10.7 Å². The molecule has 1 aliphatic rings. The number of fused-ring (bicyclic) bond motifs is 1. The highest BCUT2D eigenvalue weighted by molar-refractivity contribution is 6.31. The minimum absolute atomic E-state index is 0.0217. The molecule has 0 aliphatic carbocycles. The second kappa shape index (κ2) is 4.11. The van der Waals surface area contributed by atoms with Gasteiger partial charge >= 0.3 is 0 Å². The van der Waals surface area contributed by atoms with Gasteiger partial charge in [0.05, 0.1) is 11.7 Å². The fraction of sp³-hybridized carbons (Fsp3) is 0.364. The van der Waals surface area contributed by atoms with Crippen molar-refractivity contribution in [2.45, 2.75) is 25.9 Å². The summed E-state index contributed by atoms with van der Waals surface area (Å²) in [5.41, 5.74) is 1.48. The number of anilines is 1. The van der Waals surface area contributed by atoms with Crippen LogP contribution in [0, 0.1) is 0 Å². The molecule has 0 bridgehead atoms. The maximum atomic E-state index is 11.7. The molecule has 3 nitrogen and oxygen atoms in total. The zero-order chi connectivity index (χ0) is 10.8. The second-order valence-corrected chi connectivity index (χ2v) is 4.09. The lowest BCUT2D eigenvalue weighted by molar-refractivity contribution is 0.0934. The van der Waals surface area contributed by atoms with E-state index in [-0.39, 0.29) is 12.1 Å². The Hall–Kier alpha value is -1.22. The average Bonchev–Trinajstić information content (AvgIpc) is 2.17. The number of hydrogen-bond acceptors (Lipinski definition) is 2. The normalized spacial score (nSPS) is 19.1.